The maximum Gasteiger partial charge on any atom is 0.279 e. The maximum absolute atomic E-state index is 13.6. The van der Waals surface area contributed by atoms with E-state index in [0.717, 1.165) is 5.56 Å². The summed E-state index contributed by atoms with van der Waals surface area (Å²) in [5, 5.41) is 13.5. The fourth-order valence-corrected chi connectivity index (χ4v) is 2.86. The smallest absolute Gasteiger partial charge is 0.279 e. The number of benzene rings is 2. The number of amides is 1. The Kier molecular flexibility index (Phi) is 6.77. The lowest BCUT2D eigenvalue weighted by atomic mass is 10.1. The van der Waals surface area contributed by atoms with Gasteiger partial charge in [-0.05, 0) is 36.8 Å². The second-order valence-electron chi connectivity index (χ2n) is 5.60. The lowest BCUT2D eigenvalue weighted by Gasteiger charge is -2.13. The molecule has 130 valence electrons. The first-order valence-electron chi connectivity index (χ1n) is 7.64. The van der Waals surface area contributed by atoms with Gasteiger partial charge in [0.15, 0.2) is 6.54 Å². The van der Waals surface area contributed by atoms with E-state index in [1.807, 2.05) is 6.92 Å². The van der Waals surface area contributed by atoms with Gasteiger partial charge >= 0.3 is 0 Å². The largest absolute Gasteiger partial charge is 0.332 e. The highest BCUT2D eigenvalue weighted by atomic mass is 35.5. The molecule has 0 fully saturated rings. The van der Waals surface area contributed by atoms with E-state index in [4.69, 9.17) is 28.5 Å². The SMILES string of the molecule is C[C@H]([NH2+]CC(=O)Nc1ccc(CC#N)cc1)c1cc(F)c(Cl)cc1Cl. The quantitative estimate of drug-likeness (QED) is 0.753. The van der Waals surface area contributed by atoms with Crippen LogP contribution in [0.1, 0.15) is 24.1 Å². The average molecular weight is 381 g/mol. The molecule has 0 spiro atoms. The summed E-state index contributed by atoms with van der Waals surface area (Å²) in [6.45, 7) is 1.99. The topological polar surface area (TPSA) is 69.5 Å². The number of nitriles is 1. The van der Waals surface area contributed by atoms with Crippen molar-refractivity contribution in [3.63, 3.8) is 0 Å². The zero-order valence-electron chi connectivity index (χ0n) is 13.5. The third-order valence-corrected chi connectivity index (χ3v) is 4.32. The van der Waals surface area contributed by atoms with Gasteiger partial charge in [0, 0.05) is 11.3 Å². The van der Waals surface area contributed by atoms with Crippen molar-refractivity contribution in [2.45, 2.75) is 19.4 Å². The first kappa shape index (κ1) is 19.2. The molecule has 1 amide bonds. The Morgan fingerprint density at radius 2 is 1.96 bits per heavy atom. The fourth-order valence-electron chi connectivity index (χ4n) is 2.31. The Morgan fingerprint density at radius 3 is 2.60 bits per heavy atom. The van der Waals surface area contributed by atoms with Crippen LogP contribution in [0.15, 0.2) is 36.4 Å². The standard InChI is InChI=1S/C18H16Cl2FN3O/c1-11(14-8-17(21)16(20)9-15(14)19)23-10-18(25)24-13-4-2-12(3-5-13)6-7-22/h2-5,8-9,11,23H,6,10H2,1H3,(H,24,25)/p+1/t11-/m0/s1. The van der Waals surface area contributed by atoms with Gasteiger partial charge in [-0.3, -0.25) is 4.79 Å². The van der Waals surface area contributed by atoms with Crippen LogP contribution >= 0.6 is 23.2 Å². The first-order chi connectivity index (χ1) is 11.9. The number of carbonyl (C=O) groups excluding carboxylic acids is 1. The van der Waals surface area contributed by atoms with E-state index < -0.39 is 5.82 Å². The predicted molar refractivity (Wildman–Crippen MR) is 96.0 cm³/mol. The zero-order chi connectivity index (χ0) is 18.4. The predicted octanol–water partition coefficient (Wildman–Crippen LogP) is 3.46. The lowest BCUT2D eigenvalue weighted by molar-refractivity contribution is -0.682. The van der Waals surface area contributed by atoms with E-state index in [-0.39, 0.29) is 23.5 Å². The molecule has 2 aromatic carbocycles. The number of halogens is 3. The second-order valence-corrected chi connectivity index (χ2v) is 6.41. The highest BCUT2D eigenvalue weighted by molar-refractivity contribution is 6.35. The van der Waals surface area contributed by atoms with Gasteiger partial charge in [0.1, 0.15) is 11.9 Å². The third-order valence-electron chi connectivity index (χ3n) is 3.71. The van der Waals surface area contributed by atoms with Crippen LogP contribution in [-0.4, -0.2) is 12.5 Å². The van der Waals surface area contributed by atoms with Crippen LogP contribution in [0.2, 0.25) is 10.0 Å². The molecule has 0 radical (unpaired) electrons. The molecule has 2 rings (SSSR count). The Labute approximate surface area is 155 Å². The molecule has 0 aliphatic carbocycles. The van der Waals surface area contributed by atoms with Crippen molar-refractivity contribution in [1.82, 2.24) is 0 Å². The number of nitrogens with zero attached hydrogens (tertiary/aromatic N) is 1. The van der Waals surface area contributed by atoms with E-state index >= 15 is 0 Å². The summed E-state index contributed by atoms with van der Waals surface area (Å²) in [5.41, 5.74) is 2.13. The molecule has 0 bridgehead atoms. The summed E-state index contributed by atoms with van der Waals surface area (Å²) in [5.74, 6) is -0.728. The summed E-state index contributed by atoms with van der Waals surface area (Å²) in [4.78, 5) is 12.0. The lowest BCUT2D eigenvalue weighted by Crippen LogP contribution is -2.86. The zero-order valence-corrected chi connectivity index (χ0v) is 15.0. The number of hydrogen-bond acceptors (Lipinski definition) is 2. The molecule has 1 atom stereocenters. The maximum atomic E-state index is 13.6. The van der Waals surface area contributed by atoms with Crippen molar-refractivity contribution in [1.29, 1.82) is 5.26 Å². The summed E-state index contributed by atoms with van der Waals surface area (Å²) < 4.78 is 13.6. The van der Waals surface area contributed by atoms with Crippen LogP contribution in [0.4, 0.5) is 10.1 Å². The molecule has 0 aliphatic rings. The monoisotopic (exact) mass is 380 g/mol. The first-order valence-corrected chi connectivity index (χ1v) is 8.39. The number of nitrogens with one attached hydrogen (secondary N) is 1. The molecule has 25 heavy (non-hydrogen) atoms. The van der Waals surface area contributed by atoms with Crippen LogP contribution in [0.3, 0.4) is 0 Å². The van der Waals surface area contributed by atoms with Crippen molar-refractivity contribution in [2.75, 3.05) is 11.9 Å². The van der Waals surface area contributed by atoms with Gasteiger partial charge in [-0.15, -0.1) is 0 Å². The molecule has 0 aliphatic heterocycles. The Hall–Kier alpha value is -2.13. The minimum absolute atomic E-state index is 0.0291. The molecule has 3 N–H and O–H groups in total. The fraction of sp³-hybridized carbons (Fsp3) is 0.222. The molecule has 0 saturated carbocycles. The van der Waals surface area contributed by atoms with Crippen LogP contribution in [0.5, 0.6) is 0 Å². The van der Waals surface area contributed by atoms with E-state index in [0.29, 0.717) is 22.7 Å². The second kappa shape index (κ2) is 8.82. The molecule has 2 aromatic rings. The molecule has 0 unspecified atom stereocenters. The van der Waals surface area contributed by atoms with Gasteiger partial charge in [0.05, 0.1) is 22.5 Å². The average Bonchev–Trinajstić information content (AvgIpc) is 2.58. The van der Waals surface area contributed by atoms with E-state index in [1.165, 1.54) is 12.1 Å². The van der Waals surface area contributed by atoms with E-state index in [2.05, 4.69) is 11.4 Å². The van der Waals surface area contributed by atoms with Crippen LogP contribution in [0, 0.1) is 17.1 Å². The minimum Gasteiger partial charge on any atom is -0.332 e. The number of anilines is 1. The van der Waals surface area contributed by atoms with Crippen LogP contribution < -0.4 is 10.6 Å². The molecule has 7 heteroatoms. The van der Waals surface area contributed by atoms with Crippen molar-refractivity contribution in [3.05, 3.63) is 63.4 Å². The van der Waals surface area contributed by atoms with Gasteiger partial charge in [0.2, 0.25) is 0 Å². The molecular weight excluding hydrogens is 364 g/mol. The molecule has 0 heterocycles. The molecule has 0 aromatic heterocycles. The summed E-state index contributed by atoms with van der Waals surface area (Å²) in [7, 11) is 0. The minimum atomic E-state index is -0.539. The Morgan fingerprint density at radius 1 is 1.28 bits per heavy atom. The van der Waals surface area contributed by atoms with Gasteiger partial charge < -0.3 is 10.6 Å². The number of quaternary nitrogens is 1. The van der Waals surface area contributed by atoms with Crippen LogP contribution in [-0.2, 0) is 11.2 Å². The van der Waals surface area contributed by atoms with Crippen molar-refractivity contribution < 1.29 is 14.5 Å². The Bertz CT molecular complexity index is 803. The molecular formula is C18H17Cl2FN3O+. The number of carbonyl (C=O) groups is 1. The normalized spacial score (nSPS) is 11.6. The number of rotatable bonds is 6. The number of hydrogen-bond donors (Lipinski definition) is 2. The van der Waals surface area contributed by atoms with E-state index in [1.54, 1.807) is 29.6 Å². The van der Waals surface area contributed by atoms with Crippen molar-refractivity contribution >= 4 is 34.8 Å². The summed E-state index contributed by atoms with van der Waals surface area (Å²) in [6.07, 6.45) is 0.331. The highest BCUT2D eigenvalue weighted by Crippen LogP contribution is 2.27. The van der Waals surface area contributed by atoms with Crippen molar-refractivity contribution in [2.24, 2.45) is 0 Å². The molecule has 0 saturated heterocycles. The summed E-state index contributed by atoms with van der Waals surface area (Å²) >= 11 is 11.8. The van der Waals surface area contributed by atoms with E-state index in [9.17, 15) is 9.18 Å². The summed E-state index contributed by atoms with van der Waals surface area (Å²) in [6, 6.07) is 11.6. The molecule has 4 nitrogen and oxygen atoms in total. The van der Waals surface area contributed by atoms with Gasteiger partial charge in [-0.1, -0.05) is 35.3 Å². The third kappa shape index (κ3) is 5.43. The van der Waals surface area contributed by atoms with Gasteiger partial charge in [0.25, 0.3) is 5.91 Å². The van der Waals surface area contributed by atoms with Gasteiger partial charge in [-0.2, -0.15) is 5.26 Å². The highest BCUT2D eigenvalue weighted by Gasteiger charge is 2.17. The Balaban J connectivity index is 1.91. The number of nitrogens with two attached hydrogens (primary N) is 1. The van der Waals surface area contributed by atoms with Crippen molar-refractivity contribution in [3.8, 4) is 6.07 Å². The van der Waals surface area contributed by atoms with Gasteiger partial charge in [-0.25, -0.2) is 4.39 Å². The van der Waals surface area contributed by atoms with Crippen LogP contribution in [0.25, 0.3) is 0 Å².